The van der Waals surface area contributed by atoms with Crippen LogP contribution >= 0.6 is 11.6 Å². The van der Waals surface area contributed by atoms with E-state index in [9.17, 15) is 14.9 Å². The highest BCUT2D eigenvalue weighted by atomic mass is 35.5. The summed E-state index contributed by atoms with van der Waals surface area (Å²) in [5.74, 6) is 0. The molecular formula is C14H10ClN3O3. The van der Waals surface area contributed by atoms with Gasteiger partial charge < -0.3 is 4.57 Å². The number of benzene rings is 1. The largest absolute Gasteiger partial charge is 0.310 e. The predicted octanol–water partition coefficient (Wildman–Crippen LogP) is 2.64. The van der Waals surface area contributed by atoms with Crippen molar-refractivity contribution >= 4 is 17.3 Å². The summed E-state index contributed by atoms with van der Waals surface area (Å²) in [5.41, 5.74) is 0.327. The molecule has 0 aliphatic carbocycles. The maximum Gasteiger partial charge on any atom is 0.275 e. The van der Waals surface area contributed by atoms with Crippen molar-refractivity contribution in [1.82, 2.24) is 4.57 Å². The van der Waals surface area contributed by atoms with Crippen molar-refractivity contribution in [3.8, 4) is 6.07 Å². The number of hydrogen-bond acceptors (Lipinski definition) is 4. The number of nitriles is 1. The number of aryl methyl sites for hydroxylation is 1. The van der Waals surface area contributed by atoms with E-state index in [1.165, 1.54) is 29.0 Å². The van der Waals surface area contributed by atoms with E-state index in [1.807, 2.05) is 6.07 Å². The van der Waals surface area contributed by atoms with Gasteiger partial charge in [0.2, 0.25) is 0 Å². The number of rotatable bonds is 3. The molecule has 0 atom stereocenters. The second kappa shape index (κ2) is 5.77. The summed E-state index contributed by atoms with van der Waals surface area (Å²) in [6.07, 6.45) is 1.51. The van der Waals surface area contributed by atoms with Crippen LogP contribution < -0.4 is 5.56 Å². The molecule has 2 rings (SSSR count). The Kier molecular flexibility index (Phi) is 4.05. The fourth-order valence-electron chi connectivity index (χ4n) is 1.95. The molecule has 0 saturated heterocycles. The van der Waals surface area contributed by atoms with Crippen molar-refractivity contribution in [2.24, 2.45) is 0 Å². The molecule has 0 amide bonds. The van der Waals surface area contributed by atoms with E-state index in [2.05, 4.69) is 0 Å². The van der Waals surface area contributed by atoms with Crippen LogP contribution in [-0.4, -0.2) is 9.49 Å². The molecule has 6 nitrogen and oxygen atoms in total. The molecule has 0 aliphatic heterocycles. The van der Waals surface area contributed by atoms with E-state index in [-0.39, 0.29) is 22.8 Å². The van der Waals surface area contributed by atoms with Gasteiger partial charge in [0.1, 0.15) is 11.6 Å². The molecule has 0 aliphatic rings. The highest BCUT2D eigenvalue weighted by molar-refractivity contribution is 6.30. The first-order valence-electron chi connectivity index (χ1n) is 5.97. The molecule has 0 radical (unpaired) electrons. The maximum atomic E-state index is 12.1. The van der Waals surface area contributed by atoms with E-state index in [1.54, 1.807) is 13.0 Å². The average Bonchev–Trinajstić information content (AvgIpc) is 2.44. The second-order valence-corrected chi connectivity index (χ2v) is 4.89. The Labute approximate surface area is 125 Å². The molecule has 1 aromatic carbocycles. The van der Waals surface area contributed by atoms with Gasteiger partial charge in [-0.15, -0.1) is 0 Å². The van der Waals surface area contributed by atoms with Gasteiger partial charge in [0, 0.05) is 22.8 Å². The Balaban J connectivity index is 2.52. The number of halogens is 1. The van der Waals surface area contributed by atoms with Gasteiger partial charge >= 0.3 is 0 Å². The molecule has 1 aromatic heterocycles. The Bertz CT molecular complexity index is 821. The third kappa shape index (κ3) is 2.93. The van der Waals surface area contributed by atoms with E-state index in [0.717, 1.165) is 0 Å². The molecule has 1 heterocycles. The lowest BCUT2D eigenvalue weighted by Gasteiger charge is -2.08. The number of aromatic nitrogens is 1. The third-order valence-electron chi connectivity index (χ3n) is 3.07. The smallest absolute Gasteiger partial charge is 0.275 e. The molecule has 2 aromatic rings. The standard InChI is InChI=1S/C14H10ClN3O3/c1-9-4-5-17(14(19)12(9)7-16)8-10-2-3-11(15)6-13(10)18(20)21/h2-6H,8H2,1H3. The fourth-order valence-corrected chi connectivity index (χ4v) is 2.12. The van der Waals surface area contributed by atoms with E-state index in [0.29, 0.717) is 11.1 Å². The van der Waals surface area contributed by atoms with Crippen LogP contribution in [0.4, 0.5) is 5.69 Å². The SMILES string of the molecule is Cc1ccn(Cc2ccc(Cl)cc2[N+](=O)[O-])c(=O)c1C#N. The summed E-state index contributed by atoms with van der Waals surface area (Å²) in [5, 5.41) is 20.3. The van der Waals surface area contributed by atoms with Crippen LogP contribution in [0, 0.1) is 28.4 Å². The average molecular weight is 304 g/mol. The van der Waals surface area contributed by atoms with Crippen LogP contribution in [0.3, 0.4) is 0 Å². The molecule has 0 N–H and O–H groups in total. The lowest BCUT2D eigenvalue weighted by Crippen LogP contribution is -2.23. The Morgan fingerprint density at radius 3 is 2.76 bits per heavy atom. The van der Waals surface area contributed by atoms with Crippen molar-refractivity contribution in [2.75, 3.05) is 0 Å². The molecule has 7 heteroatoms. The third-order valence-corrected chi connectivity index (χ3v) is 3.31. The quantitative estimate of drug-likeness (QED) is 0.644. The lowest BCUT2D eigenvalue weighted by molar-refractivity contribution is -0.385. The molecule has 0 fully saturated rings. The monoisotopic (exact) mass is 303 g/mol. The first-order chi connectivity index (χ1) is 9.93. The normalized spacial score (nSPS) is 10.1. The van der Waals surface area contributed by atoms with E-state index < -0.39 is 10.5 Å². The Morgan fingerprint density at radius 1 is 1.43 bits per heavy atom. The second-order valence-electron chi connectivity index (χ2n) is 4.45. The van der Waals surface area contributed by atoms with E-state index in [4.69, 9.17) is 16.9 Å². The van der Waals surface area contributed by atoms with Gasteiger partial charge in [0.25, 0.3) is 11.2 Å². The first-order valence-corrected chi connectivity index (χ1v) is 6.35. The topological polar surface area (TPSA) is 88.9 Å². The van der Waals surface area contributed by atoms with Gasteiger partial charge in [0.05, 0.1) is 11.5 Å². The van der Waals surface area contributed by atoms with Crippen molar-refractivity contribution in [1.29, 1.82) is 5.26 Å². The molecular weight excluding hydrogens is 294 g/mol. The minimum absolute atomic E-state index is 0.00127. The molecule has 21 heavy (non-hydrogen) atoms. The minimum Gasteiger partial charge on any atom is -0.310 e. The zero-order chi connectivity index (χ0) is 15.6. The predicted molar refractivity (Wildman–Crippen MR) is 77.4 cm³/mol. The van der Waals surface area contributed by atoms with Gasteiger partial charge in [-0.2, -0.15) is 5.26 Å². The maximum absolute atomic E-state index is 12.1. The van der Waals surface area contributed by atoms with Crippen LogP contribution in [0.1, 0.15) is 16.7 Å². The van der Waals surface area contributed by atoms with Crippen molar-refractivity contribution in [3.05, 3.63) is 72.6 Å². The molecule has 0 spiro atoms. The number of hydrogen-bond donors (Lipinski definition) is 0. The number of nitro groups is 1. The number of nitrogens with zero attached hydrogens (tertiary/aromatic N) is 3. The van der Waals surface area contributed by atoms with Crippen LogP contribution in [0.5, 0.6) is 0 Å². The molecule has 0 unspecified atom stereocenters. The Morgan fingerprint density at radius 2 is 2.14 bits per heavy atom. The first kappa shape index (κ1) is 14.8. The van der Waals surface area contributed by atoms with Gasteiger partial charge in [0.15, 0.2) is 0 Å². The molecule has 0 saturated carbocycles. The van der Waals surface area contributed by atoms with Crippen LogP contribution in [0.2, 0.25) is 5.02 Å². The highest BCUT2D eigenvalue weighted by Gasteiger charge is 2.16. The van der Waals surface area contributed by atoms with Gasteiger partial charge in [-0.1, -0.05) is 11.6 Å². The summed E-state index contributed by atoms with van der Waals surface area (Å²) in [6, 6.07) is 7.73. The highest BCUT2D eigenvalue weighted by Crippen LogP contribution is 2.23. The minimum atomic E-state index is -0.550. The Hall–Kier alpha value is -2.65. The number of pyridine rings is 1. The lowest BCUT2D eigenvalue weighted by atomic mass is 10.1. The van der Waals surface area contributed by atoms with Gasteiger partial charge in [-0.05, 0) is 30.7 Å². The zero-order valence-corrected chi connectivity index (χ0v) is 11.8. The zero-order valence-electron chi connectivity index (χ0n) is 11.0. The summed E-state index contributed by atoms with van der Waals surface area (Å²) in [6.45, 7) is 1.66. The summed E-state index contributed by atoms with van der Waals surface area (Å²) in [4.78, 5) is 22.6. The fraction of sp³-hybridized carbons (Fsp3) is 0.143. The van der Waals surface area contributed by atoms with Gasteiger partial charge in [-0.25, -0.2) is 0 Å². The van der Waals surface area contributed by atoms with Crippen molar-refractivity contribution in [3.63, 3.8) is 0 Å². The van der Waals surface area contributed by atoms with Crippen molar-refractivity contribution < 1.29 is 4.92 Å². The summed E-state index contributed by atoms with van der Waals surface area (Å²) < 4.78 is 1.27. The van der Waals surface area contributed by atoms with Crippen LogP contribution in [0.15, 0.2) is 35.3 Å². The van der Waals surface area contributed by atoms with Crippen molar-refractivity contribution in [2.45, 2.75) is 13.5 Å². The summed E-state index contributed by atoms with van der Waals surface area (Å²) >= 11 is 5.75. The van der Waals surface area contributed by atoms with Crippen LogP contribution in [-0.2, 0) is 6.54 Å². The number of nitro benzene ring substituents is 1. The molecule has 106 valence electrons. The summed E-state index contributed by atoms with van der Waals surface area (Å²) in [7, 11) is 0. The molecule has 0 bridgehead atoms. The van der Waals surface area contributed by atoms with Crippen LogP contribution in [0.25, 0.3) is 0 Å². The van der Waals surface area contributed by atoms with E-state index >= 15 is 0 Å². The van der Waals surface area contributed by atoms with Gasteiger partial charge in [-0.3, -0.25) is 14.9 Å².